The third-order valence-electron chi connectivity index (χ3n) is 4.90. The molecule has 9 nitrogen and oxygen atoms in total. The van der Waals surface area contributed by atoms with Gasteiger partial charge in [0, 0.05) is 24.7 Å². The summed E-state index contributed by atoms with van der Waals surface area (Å²) >= 11 is 0. The van der Waals surface area contributed by atoms with E-state index in [4.69, 9.17) is 19.9 Å². The number of nitrogens with two attached hydrogens (primary N) is 1. The van der Waals surface area contributed by atoms with Crippen LogP contribution in [0.1, 0.15) is 50.1 Å². The minimum absolute atomic E-state index is 0.165. The number of methoxy groups -OCH3 is 2. The minimum Gasteiger partial charge on any atom is -0.497 e. The zero-order valence-corrected chi connectivity index (χ0v) is 18.9. The molecule has 1 aliphatic rings. The van der Waals surface area contributed by atoms with Crippen LogP contribution in [-0.2, 0) is 4.74 Å². The first-order valence-electron chi connectivity index (χ1n) is 10.2. The molecule has 1 fully saturated rings. The number of nitrogens with zero attached hydrogens (tertiary/aromatic N) is 4. The summed E-state index contributed by atoms with van der Waals surface area (Å²) in [6.07, 6.45) is 0.272. The lowest BCUT2D eigenvalue weighted by Gasteiger charge is -2.24. The van der Waals surface area contributed by atoms with E-state index in [1.807, 2.05) is 20.8 Å². The lowest BCUT2D eigenvalue weighted by Crippen LogP contribution is -2.35. The second-order valence-electron chi connectivity index (χ2n) is 8.39. The second kappa shape index (κ2) is 9.11. The Kier molecular flexibility index (Phi) is 6.50. The van der Waals surface area contributed by atoms with Crippen molar-refractivity contribution in [2.45, 2.75) is 38.8 Å². The van der Waals surface area contributed by atoms with Crippen molar-refractivity contribution in [3.63, 3.8) is 0 Å². The SMILES string of the molecule is COc1cc(C#Cc2nn(C3CCN(C(=O)OC(C)(C)C)C3)c(N)c2C#N)cc(OC)c1. The Morgan fingerprint density at radius 3 is 2.41 bits per heavy atom. The Morgan fingerprint density at radius 2 is 1.84 bits per heavy atom. The van der Waals surface area contributed by atoms with Gasteiger partial charge >= 0.3 is 6.09 Å². The van der Waals surface area contributed by atoms with E-state index in [-0.39, 0.29) is 29.2 Å². The van der Waals surface area contributed by atoms with E-state index in [0.29, 0.717) is 36.6 Å². The molecule has 2 heterocycles. The number of ether oxygens (including phenoxy) is 3. The number of hydrogen-bond donors (Lipinski definition) is 1. The van der Waals surface area contributed by atoms with Gasteiger partial charge in [0.05, 0.1) is 20.3 Å². The molecule has 1 aromatic carbocycles. The van der Waals surface area contributed by atoms with Crippen molar-refractivity contribution in [1.82, 2.24) is 14.7 Å². The first-order valence-corrected chi connectivity index (χ1v) is 10.2. The van der Waals surface area contributed by atoms with Crippen molar-refractivity contribution in [2.24, 2.45) is 0 Å². The molecule has 1 saturated heterocycles. The topological polar surface area (TPSA) is 116 Å². The largest absolute Gasteiger partial charge is 0.497 e. The second-order valence-corrected chi connectivity index (χ2v) is 8.39. The van der Waals surface area contributed by atoms with E-state index in [1.165, 1.54) is 0 Å². The van der Waals surface area contributed by atoms with E-state index in [2.05, 4.69) is 23.0 Å². The molecule has 0 radical (unpaired) electrons. The van der Waals surface area contributed by atoms with E-state index in [0.717, 1.165) is 0 Å². The smallest absolute Gasteiger partial charge is 0.410 e. The fourth-order valence-corrected chi connectivity index (χ4v) is 3.37. The van der Waals surface area contributed by atoms with Crippen molar-refractivity contribution in [2.75, 3.05) is 33.0 Å². The Bertz CT molecular complexity index is 1090. The summed E-state index contributed by atoms with van der Waals surface area (Å²) in [7, 11) is 3.12. The van der Waals surface area contributed by atoms with Crippen LogP contribution < -0.4 is 15.2 Å². The Morgan fingerprint density at radius 1 is 1.19 bits per heavy atom. The van der Waals surface area contributed by atoms with Crippen molar-refractivity contribution < 1.29 is 19.0 Å². The first-order chi connectivity index (χ1) is 15.1. The van der Waals surface area contributed by atoms with Gasteiger partial charge in [-0.15, -0.1) is 0 Å². The number of aromatic nitrogens is 2. The average Bonchev–Trinajstić information content (AvgIpc) is 3.35. The number of anilines is 1. The summed E-state index contributed by atoms with van der Waals surface area (Å²) in [5.41, 5.74) is 6.78. The van der Waals surface area contributed by atoms with Crippen LogP contribution >= 0.6 is 0 Å². The highest BCUT2D eigenvalue weighted by atomic mass is 16.6. The molecule has 9 heteroatoms. The molecular weight excluding hydrogens is 410 g/mol. The predicted octanol–water partition coefficient (Wildman–Crippen LogP) is 2.94. The molecule has 0 bridgehead atoms. The number of hydrogen-bond acceptors (Lipinski definition) is 7. The molecule has 1 atom stereocenters. The molecule has 1 unspecified atom stereocenters. The van der Waals surface area contributed by atoms with Crippen molar-refractivity contribution in [3.05, 3.63) is 35.0 Å². The number of benzene rings is 1. The summed E-state index contributed by atoms with van der Waals surface area (Å²) in [6, 6.07) is 7.19. The molecule has 1 amide bonds. The van der Waals surface area contributed by atoms with E-state index in [9.17, 15) is 10.1 Å². The molecule has 1 aromatic heterocycles. The molecule has 2 aromatic rings. The fourth-order valence-electron chi connectivity index (χ4n) is 3.37. The van der Waals surface area contributed by atoms with E-state index < -0.39 is 5.60 Å². The summed E-state index contributed by atoms with van der Waals surface area (Å²) in [5.74, 6) is 7.36. The molecule has 3 rings (SSSR count). The van der Waals surface area contributed by atoms with Gasteiger partial charge in [-0.1, -0.05) is 5.92 Å². The molecule has 0 saturated carbocycles. The third-order valence-corrected chi connectivity index (χ3v) is 4.90. The average molecular weight is 438 g/mol. The van der Waals surface area contributed by atoms with Gasteiger partial charge in [0.25, 0.3) is 0 Å². The van der Waals surface area contributed by atoms with Gasteiger partial charge in [0.2, 0.25) is 0 Å². The number of carbonyl (C=O) groups excluding carboxylic acids is 1. The number of carbonyl (C=O) groups is 1. The van der Waals surface area contributed by atoms with Crippen LogP contribution in [0, 0.1) is 23.2 Å². The molecule has 1 aliphatic heterocycles. The summed E-state index contributed by atoms with van der Waals surface area (Å²) in [5, 5.41) is 14.1. The van der Waals surface area contributed by atoms with Gasteiger partial charge in [0.15, 0.2) is 5.69 Å². The molecular formula is C23H27N5O4. The summed E-state index contributed by atoms with van der Waals surface area (Å²) < 4.78 is 17.5. The highest BCUT2D eigenvalue weighted by molar-refractivity contribution is 5.68. The summed E-state index contributed by atoms with van der Waals surface area (Å²) in [6.45, 7) is 6.39. The minimum atomic E-state index is -0.570. The highest BCUT2D eigenvalue weighted by Crippen LogP contribution is 2.28. The Balaban J connectivity index is 1.85. The quantitative estimate of drug-likeness (QED) is 0.734. The number of nitriles is 1. The van der Waals surface area contributed by atoms with Gasteiger partial charge < -0.3 is 24.8 Å². The van der Waals surface area contributed by atoms with Crippen LogP contribution in [0.2, 0.25) is 0 Å². The van der Waals surface area contributed by atoms with Gasteiger partial charge in [-0.05, 0) is 45.2 Å². The van der Waals surface area contributed by atoms with Crippen LogP contribution in [0.15, 0.2) is 18.2 Å². The molecule has 0 aliphatic carbocycles. The lowest BCUT2D eigenvalue weighted by atomic mass is 10.2. The number of amides is 1. The van der Waals surface area contributed by atoms with Crippen molar-refractivity contribution in [1.29, 1.82) is 5.26 Å². The van der Waals surface area contributed by atoms with E-state index >= 15 is 0 Å². The normalized spacial score (nSPS) is 15.5. The molecule has 168 valence electrons. The first kappa shape index (κ1) is 22.8. The number of rotatable bonds is 3. The maximum atomic E-state index is 12.4. The van der Waals surface area contributed by atoms with Gasteiger partial charge in [0.1, 0.15) is 34.6 Å². The van der Waals surface area contributed by atoms with Gasteiger partial charge in [-0.3, -0.25) is 0 Å². The van der Waals surface area contributed by atoms with Crippen LogP contribution in [0.3, 0.4) is 0 Å². The third kappa shape index (κ3) is 5.06. The molecule has 2 N–H and O–H groups in total. The molecule has 32 heavy (non-hydrogen) atoms. The zero-order chi connectivity index (χ0) is 23.5. The van der Waals surface area contributed by atoms with Gasteiger partial charge in [-0.25, -0.2) is 9.48 Å². The van der Waals surface area contributed by atoms with Crippen LogP contribution in [0.4, 0.5) is 10.6 Å². The van der Waals surface area contributed by atoms with Crippen LogP contribution in [0.25, 0.3) is 0 Å². The fraction of sp³-hybridized carbons (Fsp3) is 0.435. The standard InChI is InChI=1S/C23H27N5O4/c1-23(2,3)32-22(29)27-9-8-16(14-27)28-21(25)19(13-24)20(26-28)7-6-15-10-17(30-4)12-18(11-15)31-5/h10-12,16H,8-9,14,25H2,1-5H3. The lowest BCUT2D eigenvalue weighted by molar-refractivity contribution is 0.0288. The van der Waals surface area contributed by atoms with Crippen LogP contribution in [-0.4, -0.2) is 53.7 Å². The molecule has 0 spiro atoms. The van der Waals surface area contributed by atoms with Crippen molar-refractivity contribution >= 4 is 11.9 Å². The maximum Gasteiger partial charge on any atom is 0.410 e. The number of likely N-dealkylation sites (tertiary alicyclic amines) is 1. The summed E-state index contributed by atoms with van der Waals surface area (Å²) in [4.78, 5) is 14.0. The Hall–Kier alpha value is -3.85. The van der Waals surface area contributed by atoms with Gasteiger partial charge in [-0.2, -0.15) is 10.4 Å². The highest BCUT2D eigenvalue weighted by Gasteiger charge is 2.33. The zero-order valence-electron chi connectivity index (χ0n) is 18.9. The number of nitrogen functional groups attached to an aromatic ring is 1. The van der Waals surface area contributed by atoms with Crippen molar-refractivity contribution in [3.8, 4) is 29.4 Å². The van der Waals surface area contributed by atoms with Crippen LogP contribution in [0.5, 0.6) is 11.5 Å². The predicted molar refractivity (Wildman–Crippen MR) is 118 cm³/mol. The Labute approximate surface area is 187 Å². The maximum absolute atomic E-state index is 12.4. The van der Waals surface area contributed by atoms with E-state index in [1.54, 1.807) is 42.0 Å². The monoisotopic (exact) mass is 437 g/mol.